The molecule has 0 unspecified atom stereocenters. The number of Topliss-reactive ketones (excluding diaryl/α,β-unsaturated/α-hetero) is 2. The van der Waals surface area contributed by atoms with Crippen LogP contribution in [0.3, 0.4) is 0 Å². The number of aryl methyl sites for hydroxylation is 1. The fraction of sp³-hybridized carbons (Fsp3) is 0.190. The summed E-state index contributed by atoms with van der Waals surface area (Å²) in [4.78, 5) is 28.5. The fourth-order valence-corrected chi connectivity index (χ4v) is 3.75. The minimum Gasteiger partial charge on any atom is -0.298 e. The molecular weight excluding hydrogens is 380 g/mol. The van der Waals surface area contributed by atoms with Gasteiger partial charge < -0.3 is 0 Å². The quantitative estimate of drug-likeness (QED) is 0.426. The van der Waals surface area contributed by atoms with Crippen LogP contribution in [0.1, 0.15) is 19.4 Å². The second kappa shape index (κ2) is 8.11. The van der Waals surface area contributed by atoms with E-state index in [1.54, 1.807) is 0 Å². The lowest BCUT2D eigenvalue weighted by Gasteiger charge is -2.11. The first-order valence-corrected chi connectivity index (χ1v) is 9.71. The van der Waals surface area contributed by atoms with Crippen molar-refractivity contribution >= 4 is 34.9 Å². The van der Waals surface area contributed by atoms with E-state index in [1.807, 2.05) is 66.2 Å². The highest BCUT2D eigenvalue weighted by atomic mass is 35.5. The molecule has 0 saturated heterocycles. The summed E-state index contributed by atoms with van der Waals surface area (Å²) in [6.07, 6.45) is 1.91. The third kappa shape index (κ3) is 4.49. The molecule has 0 aliphatic heterocycles. The minimum absolute atomic E-state index is 0.181. The molecular formula is C21H19ClN2O2S. The zero-order valence-corrected chi connectivity index (χ0v) is 16.8. The number of aromatic nitrogens is 2. The van der Waals surface area contributed by atoms with Crippen molar-refractivity contribution in [1.29, 1.82) is 0 Å². The average Bonchev–Trinajstić information content (AvgIpc) is 3.04. The molecule has 0 spiro atoms. The molecule has 27 heavy (non-hydrogen) atoms. The Bertz CT molecular complexity index is 964. The van der Waals surface area contributed by atoms with Gasteiger partial charge in [0.25, 0.3) is 0 Å². The maximum Gasteiger partial charge on any atom is 0.174 e. The largest absolute Gasteiger partial charge is 0.298 e. The number of nitrogens with zero attached hydrogens (tertiary/aromatic N) is 2. The third-order valence-electron chi connectivity index (χ3n) is 4.09. The summed E-state index contributed by atoms with van der Waals surface area (Å²) in [6.45, 7) is 4.88. The van der Waals surface area contributed by atoms with E-state index in [9.17, 15) is 9.59 Å². The third-order valence-corrected chi connectivity index (χ3v) is 5.74. The molecule has 0 bridgehead atoms. The van der Waals surface area contributed by atoms with Crippen molar-refractivity contribution in [2.24, 2.45) is 0 Å². The van der Waals surface area contributed by atoms with Crippen LogP contribution < -0.4 is 0 Å². The van der Waals surface area contributed by atoms with Gasteiger partial charge in [-0.25, -0.2) is 4.98 Å². The zero-order chi connectivity index (χ0) is 19.6. The topological polar surface area (TPSA) is 52.0 Å². The molecule has 0 aliphatic rings. The van der Waals surface area contributed by atoms with Crippen molar-refractivity contribution in [2.45, 2.75) is 31.2 Å². The highest BCUT2D eigenvalue weighted by molar-refractivity contribution is 8.01. The van der Waals surface area contributed by atoms with Crippen LogP contribution in [-0.2, 0) is 9.59 Å². The Morgan fingerprint density at radius 1 is 1.00 bits per heavy atom. The highest BCUT2D eigenvalue weighted by Crippen LogP contribution is 2.31. The summed E-state index contributed by atoms with van der Waals surface area (Å²) in [5, 5.41) is 0.480. The van der Waals surface area contributed by atoms with Crippen molar-refractivity contribution in [3.63, 3.8) is 0 Å². The van der Waals surface area contributed by atoms with Gasteiger partial charge in [-0.05, 0) is 45.0 Å². The summed E-state index contributed by atoms with van der Waals surface area (Å²) in [5.74, 6) is -0.363. The summed E-state index contributed by atoms with van der Waals surface area (Å²) < 4.78 is 1.91. The van der Waals surface area contributed by atoms with E-state index in [2.05, 4.69) is 0 Å². The molecule has 0 N–H and O–H groups in total. The molecule has 138 valence electrons. The maximum atomic E-state index is 11.9. The lowest BCUT2D eigenvalue weighted by Crippen LogP contribution is -2.22. The highest BCUT2D eigenvalue weighted by Gasteiger charge is 2.24. The number of thioether (sulfide) groups is 1. The van der Waals surface area contributed by atoms with Gasteiger partial charge in [0.05, 0.1) is 5.69 Å². The molecule has 0 saturated carbocycles. The molecule has 3 rings (SSSR count). The van der Waals surface area contributed by atoms with E-state index in [0.717, 1.165) is 22.5 Å². The minimum atomic E-state index is -0.769. The van der Waals surface area contributed by atoms with Gasteiger partial charge in [0.15, 0.2) is 16.7 Å². The van der Waals surface area contributed by atoms with Crippen LogP contribution in [0, 0.1) is 6.92 Å². The van der Waals surface area contributed by atoms with Crippen molar-refractivity contribution in [3.8, 4) is 16.9 Å². The van der Waals surface area contributed by atoms with E-state index in [1.165, 1.54) is 25.6 Å². The van der Waals surface area contributed by atoms with E-state index >= 15 is 0 Å². The van der Waals surface area contributed by atoms with E-state index in [0.29, 0.717) is 10.2 Å². The number of carbonyl (C=O) groups excluding carboxylic acids is 2. The molecule has 0 atom stereocenters. The average molecular weight is 399 g/mol. The SMILES string of the molecule is CC(=O)C(Sc1nc(-c2ccc(Cl)cc2)cn1-c1ccc(C)cc1)C(C)=O. The van der Waals surface area contributed by atoms with E-state index in [4.69, 9.17) is 16.6 Å². The Morgan fingerprint density at radius 3 is 2.15 bits per heavy atom. The second-order valence-electron chi connectivity index (χ2n) is 6.34. The molecule has 1 aromatic heterocycles. The van der Waals surface area contributed by atoms with Gasteiger partial charge in [0.2, 0.25) is 0 Å². The van der Waals surface area contributed by atoms with Gasteiger partial charge in [-0.2, -0.15) is 0 Å². The number of rotatable bonds is 6. The Morgan fingerprint density at radius 2 is 1.59 bits per heavy atom. The number of hydrogen-bond acceptors (Lipinski definition) is 4. The molecule has 3 aromatic rings. The van der Waals surface area contributed by atoms with Crippen molar-refractivity contribution in [3.05, 3.63) is 65.3 Å². The van der Waals surface area contributed by atoms with Gasteiger partial charge in [-0.3, -0.25) is 14.2 Å². The molecule has 2 aromatic carbocycles. The molecule has 0 aliphatic carbocycles. The van der Waals surface area contributed by atoms with E-state index in [-0.39, 0.29) is 11.6 Å². The molecule has 4 nitrogen and oxygen atoms in total. The summed E-state index contributed by atoms with van der Waals surface area (Å²) in [7, 11) is 0. The Hall–Kier alpha value is -2.37. The molecule has 0 amide bonds. The summed E-state index contributed by atoms with van der Waals surface area (Å²) in [6, 6.07) is 15.4. The maximum absolute atomic E-state index is 11.9. The molecule has 1 heterocycles. The Balaban J connectivity index is 2.08. The molecule has 0 radical (unpaired) electrons. The molecule has 6 heteroatoms. The zero-order valence-electron chi connectivity index (χ0n) is 15.3. The fourth-order valence-electron chi connectivity index (χ4n) is 2.65. The molecule has 0 fully saturated rings. The first kappa shape index (κ1) is 19.4. The monoisotopic (exact) mass is 398 g/mol. The number of carbonyl (C=O) groups is 2. The Kier molecular flexibility index (Phi) is 5.82. The van der Waals surface area contributed by atoms with Gasteiger partial charge in [-0.1, -0.05) is 53.2 Å². The van der Waals surface area contributed by atoms with Gasteiger partial charge >= 0.3 is 0 Å². The first-order valence-electron chi connectivity index (χ1n) is 8.45. The van der Waals surface area contributed by atoms with Crippen LogP contribution in [0.4, 0.5) is 0 Å². The Labute approximate surface area is 167 Å². The van der Waals surface area contributed by atoms with Gasteiger partial charge in [-0.15, -0.1) is 0 Å². The smallest absolute Gasteiger partial charge is 0.174 e. The van der Waals surface area contributed by atoms with Crippen LogP contribution in [0.5, 0.6) is 0 Å². The summed E-state index contributed by atoms with van der Waals surface area (Å²) in [5.41, 5.74) is 3.73. The summed E-state index contributed by atoms with van der Waals surface area (Å²) >= 11 is 7.16. The van der Waals surface area contributed by atoms with Crippen LogP contribution in [-0.4, -0.2) is 26.4 Å². The van der Waals surface area contributed by atoms with Crippen LogP contribution >= 0.6 is 23.4 Å². The predicted octanol–water partition coefficient (Wildman–Crippen LogP) is 5.14. The normalized spacial score (nSPS) is 11.0. The lowest BCUT2D eigenvalue weighted by molar-refractivity contribution is -0.123. The van der Waals surface area contributed by atoms with Crippen molar-refractivity contribution < 1.29 is 9.59 Å². The number of hydrogen-bond donors (Lipinski definition) is 0. The van der Waals surface area contributed by atoms with Gasteiger partial charge in [0, 0.05) is 22.5 Å². The lowest BCUT2D eigenvalue weighted by atomic mass is 10.2. The number of benzene rings is 2. The number of ketones is 2. The van der Waals surface area contributed by atoms with Crippen LogP contribution in [0.15, 0.2) is 59.9 Å². The second-order valence-corrected chi connectivity index (χ2v) is 7.85. The first-order chi connectivity index (χ1) is 12.8. The van der Waals surface area contributed by atoms with Crippen molar-refractivity contribution in [1.82, 2.24) is 9.55 Å². The number of imidazole rings is 1. The van der Waals surface area contributed by atoms with E-state index < -0.39 is 5.25 Å². The van der Waals surface area contributed by atoms with Crippen LogP contribution in [0.2, 0.25) is 5.02 Å². The predicted molar refractivity (Wildman–Crippen MR) is 110 cm³/mol. The van der Waals surface area contributed by atoms with Gasteiger partial charge in [0.1, 0.15) is 5.25 Å². The van der Waals surface area contributed by atoms with Crippen molar-refractivity contribution in [2.75, 3.05) is 0 Å². The van der Waals surface area contributed by atoms with Crippen LogP contribution in [0.25, 0.3) is 16.9 Å². The number of halogens is 1. The standard InChI is InChI=1S/C21H19ClN2O2S/c1-13-4-10-18(11-5-13)24-12-19(16-6-8-17(22)9-7-16)23-21(24)27-20(14(2)25)15(3)26/h4-12,20H,1-3H3.